The number of carbonyl (C=O) groups is 3. The molecule has 0 aliphatic carbocycles. The molecule has 0 atom stereocenters. The summed E-state index contributed by atoms with van der Waals surface area (Å²) in [6.07, 6.45) is 1.05. The lowest BCUT2D eigenvalue weighted by atomic mass is 10.0. The highest BCUT2D eigenvalue weighted by Crippen LogP contribution is 2.36. The van der Waals surface area contributed by atoms with Gasteiger partial charge in [0.2, 0.25) is 0 Å². The van der Waals surface area contributed by atoms with Crippen LogP contribution in [0.15, 0.2) is 42.0 Å². The highest BCUT2D eigenvalue weighted by molar-refractivity contribution is 6.39. The fraction of sp³-hybridized carbons (Fsp3) is 0.150. The summed E-state index contributed by atoms with van der Waals surface area (Å²) in [7, 11) is 2.67. The van der Waals surface area contributed by atoms with E-state index in [1.807, 2.05) is 0 Å². The van der Waals surface area contributed by atoms with Gasteiger partial charge in [0.05, 0.1) is 36.5 Å². The van der Waals surface area contributed by atoms with Crippen molar-refractivity contribution in [2.24, 2.45) is 0 Å². The normalized spacial score (nSPS) is 15.2. The molecule has 2 aromatic carbocycles. The number of hydrogen-bond acceptors (Lipinski definition) is 7. The van der Waals surface area contributed by atoms with Gasteiger partial charge in [-0.15, -0.1) is 0 Å². The van der Waals surface area contributed by atoms with Gasteiger partial charge in [0.15, 0.2) is 11.5 Å². The van der Waals surface area contributed by atoms with Crippen molar-refractivity contribution in [2.75, 3.05) is 19.1 Å². The highest BCUT2D eigenvalue weighted by Gasteiger charge is 2.37. The zero-order chi connectivity index (χ0) is 22.0. The topological polar surface area (TPSA) is 128 Å². The molecule has 3 rings (SSSR count). The van der Waals surface area contributed by atoms with Crippen molar-refractivity contribution >= 4 is 35.3 Å². The van der Waals surface area contributed by atoms with Crippen LogP contribution in [0.25, 0.3) is 6.08 Å². The Balaban J connectivity index is 2.14. The lowest BCUT2D eigenvalue weighted by Crippen LogP contribution is -2.54. The van der Waals surface area contributed by atoms with E-state index in [9.17, 15) is 24.5 Å². The first-order valence-corrected chi connectivity index (χ1v) is 8.65. The maximum absolute atomic E-state index is 13.0. The molecule has 10 nitrogen and oxygen atoms in total. The molecule has 10 heteroatoms. The summed E-state index contributed by atoms with van der Waals surface area (Å²) in [5.41, 5.74) is 0.157. The number of nitro benzene ring substituents is 1. The zero-order valence-corrected chi connectivity index (χ0v) is 16.3. The maximum Gasteiger partial charge on any atom is 0.335 e. The SMILES string of the molecule is COc1cc(/C=C2\C(=O)NC(=O)N(c3cccc(C)c3)C2=O)c([N+](=O)[O-])cc1OC. The van der Waals surface area contributed by atoms with Gasteiger partial charge in [-0.2, -0.15) is 0 Å². The summed E-state index contributed by atoms with van der Waals surface area (Å²) in [5, 5.41) is 13.6. The highest BCUT2D eigenvalue weighted by atomic mass is 16.6. The molecule has 0 spiro atoms. The molecule has 2 aromatic rings. The Morgan fingerprint density at radius 1 is 1.07 bits per heavy atom. The standard InChI is InChI=1S/C20H17N3O7/c1-11-5-4-6-13(7-11)22-19(25)14(18(24)21-20(22)26)8-12-9-16(29-2)17(30-3)10-15(12)23(27)28/h4-10H,1-3H3,(H,21,24,26)/b14-8+. The lowest BCUT2D eigenvalue weighted by molar-refractivity contribution is -0.385. The third-order valence-corrected chi connectivity index (χ3v) is 4.39. The van der Waals surface area contributed by atoms with E-state index < -0.39 is 34.0 Å². The molecular formula is C20H17N3O7. The van der Waals surface area contributed by atoms with E-state index in [0.29, 0.717) is 0 Å². The number of carbonyl (C=O) groups excluding carboxylic acids is 3. The Hall–Kier alpha value is -4.21. The number of urea groups is 1. The van der Waals surface area contributed by atoms with Gasteiger partial charge in [0.25, 0.3) is 17.5 Å². The summed E-state index contributed by atoms with van der Waals surface area (Å²) in [6.45, 7) is 1.78. The molecule has 0 bridgehead atoms. The van der Waals surface area contributed by atoms with Gasteiger partial charge in [0.1, 0.15) is 5.57 Å². The number of anilines is 1. The first-order valence-electron chi connectivity index (χ1n) is 8.65. The molecule has 1 aliphatic heterocycles. The quantitative estimate of drug-likeness (QED) is 0.347. The number of rotatable bonds is 5. The number of aryl methyl sites for hydroxylation is 1. The molecule has 0 saturated carbocycles. The van der Waals surface area contributed by atoms with Crippen LogP contribution in [0.5, 0.6) is 11.5 Å². The monoisotopic (exact) mass is 411 g/mol. The minimum absolute atomic E-state index is 0.0605. The predicted octanol–water partition coefficient (Wildman–Crippen LogP) is 2.59. The van der Waals surface area contributed by atoms with E-state index in [4.69, 9.17) is 9.47 Å². The summed E-state index contributed by atoms with van der Waals surface area (Å²) >= 11 is 0. The molecule has 0 unspecified atom stereocenters. The Morgan fingerprint density at radius 3 is 2.33 bits per heavy atom. The van der Waals surface area contributed by atoms with Crippen LogP contribution in [0.1, 0.15) is 11.1 Å². The van der Waals surface area contributed by atoms with Crippen LogP contribution >= 0.6 is 0 Å². The minimum Gasteiger partial charge on any atom is -0.493 e. The van der Waals surface area contributed by atoms with Crippen molar-refractivity contribution in [3.63, 3.8) is 0 Å². The van der Waals surface area contributed by atoms with Crippen molar-refractivity contribution in [1.82, 2.24) is 5.32 Å². The first-order chi connectivity index (χ1) is 14.3. The largest absolute Gasteiger partial charge is 0.493 e. The fourth-order valence-corrected chi connectivity index (χ4v) is 2.97. The van der Waals surface area contributed by atoms with Crippen LogP contribution in [-0.2, 0) is 9.59 Å². The van der Waals surface area contributed by atoms with Crippen LogP contribution in [0.3, 0.4) is 0 Å². The van der Waals surface area contributed by atoms with Crippen molar-refractivity contribution in [1.29, 1.82) is 0 Å². The van der Waals surface area contributed by atoms with Crippen molar-refractivity contribution < 1.29 is 28.8 Å². The number of methoxy groups -OCH3 is 2. The molecule has 1 N–H and O–H groups in total. The maximum atomic E-state index is 13.0. The van der Waals surface area contributed by atoms with Crippen LogP contribution < -0.4 is 19.7 Å². The summed E-state index contributed by atoms with van der Waals surface area (Å²) in [6, 6.07) is 8.07. The Labute approximate surface area is 170 Å². The van der Waals surface area contributed by atoms with Crippen molar-refractivity contribution in [3.8, 4) is 11.5 Å². The smallest absolute Gasteiger partial charge is 0.335 e. The lowest BCUT2D eigenvalue weighted by Gasteiger charge is -2.26. The number of ether oxygens (including phenoxy) is 2. The van der Waals surface area contributed by atoms with Crippen LogP contribution in [0.4, 0.5) is 16.2 Å². The Kier molecular flexibility index (Phi) is 5.50. The molecule has 30 heavy (non-hydrogen) atoms. The second kappa shape index (κ2) is 8.03. The van der Waals surface area contributed by atoms with E-state index in [0.717, 1.165) is 22.6 Å². The molecule has 154 valence electrons. The number of nitro groups is 1. The first kappa shape index (κ1) is 20.5. The van der Waals surface area contributed by atoms with Gasteiger partial charge in [0, 0.05) is 0 Å². The predicted molar refractivity (Wildman–Crippen MR) is 106 cm³/mol. The number of barbiturate groups is 1. The molecule has 1 heterocycles. The van der Waals surface area contributed by atoms with Crippen molar-refractivity contribution in [3.05, 3.63) is 63.2 Å². The van der Waals surface area contributed by atoms with Gasteiger partial charge < -0.3 is 9.47 Å². The molecular weight excluding hydrogens is 394 g/mol. The number of nitrogens with one attached hydrogen (secondary N) is 1. The summed E-state index contributed by atoms with van der Waals surface area (Å²) in [4.78, 5) is 49.2. The second-order valence-electron chi connectivity index (χ2n) is 6.32. The molecule has 1 aliphatic rings. The summed E-state index contributed by atoms with van der Waals surface area (Å²) < 4.78 is 10.2. The number of hydrogen-bond donors (Lipinski definition) is 1. The van der Waals surface area contributed by atoms with E-state index in [2.05, 4.69) is 5.32 Å². The fourth-order valence-electron chi connectivity index (χ4n) is 2.97. The molecule has 1 saturated heterocycles. The van der Waals surface area contributed by atoms with Gasteiger partial charge >= 0.3 is 6.03 Å². The van der Waals surface area contributed by atoms with Crippen LogP contribution in [0, 0.1) is 17.0 Å². The van der Waals surface area contributed by atoms with E-state index in [1.165, 1.54) is 26.4 Å². The van der Waals surface area contributed by atoms with Gasteiger partial charge in [-0.25, -0.2) is 9.69 Å². The molecule has 1 fully saturated rings. The van der Waals surface area contributed by atoms with Gasteiger partial charge in [-0.1, -0.05) is 12.1 Å². The van der Waals surface area contributed by atoms with Crippen LogP contribution in [-0.4, -0.2) is 37.0 Å². The number of nitrogens with zero attached hydrogens (tertiary/aromatic N) is 2. The molecule has 4 amide bonds. The van der Waals surface area contributed by atoms with E-state index >= 15 is 0 Å². The third-order valence-electron chi connectivity index (χ3n) is 4.39. The van der Waals surface area contributed by atoms with Gasteiger partial charge in [-0.05, 0) is 36.8 Å². The van der Waals surface area contributed by atoms with E-state index in [1.54, 1.807) is 25.1 Å². The van der Waals surface area contributed by atoms with Crippen LogP contribution in [0.2, 0.25) is 0 Å². The molecule has 0 radical (unpaired) electrons. The van der Waals surface area contributed by atoms with E-state index in [-0.39, 0.29) is 22.7 Å². The summed E-state index contributed by atoms with van der Waals surface area (Å²) in [5.74, 6) is -1.58. The average molecular weight is 411 g/mol. The minimum atomic E-state index is -0.960. The number of benzene rings is 2. The van der Waals surface area contributed by atoms with Crippen molar-refractivity contribution in [2.45, 2.75) is 6.92 Å². The number of imide groups is 2. The number of amides is 4. The third kappa shape index (κ3) is 3.70. The zero-order valence-electron chi connectivity index (χ0n) is 16.3. The Bertz CT molecular complexity index is 1110. The average Bonchev–Trinajstić information content (AvgIpc) is 2.70. The molecule has 0 aromatic heterocycles. The Morgan fingerprint density at radius 2 is 1.73 bits per heavy atom. The second-order valence-corrected chi connectivity index (χ2v) is 6.32. The van der Waals surface area contributed by atoms with Gasteiger partial charge in [-0.3, -0.25) is 25.0 Å².